The number of hydrogen-bond donors (Lipinski definition) is 0. The number of methoxy groups -OCH3 is 1. The van der Waals surface area contributed by atoms with Crippen LogP contribution in [-0.2, 0) is 14.2 Å². The summed E-state index contributed by atoms with van der Waals surface area (Å²) in [5.74, 6) is 2.26. The zero-order valence-corrected chi connectivity index (χ0v) is 12.3. The molecule has 0 N–H and O–H groups in total. The Balaban J connectivity index is 1.92. The normalized spacial score (nSPS) is 18.3. The molecule has 1 aliphatic carbocycles. The monoisotopic (exact) mass is 278 g/mol. The number of rotatable bonds is 11. The molecule has 1 saturated carbocycles. The largest absolute Gasteiger partial charge is 0.382 e. The summed E-state index contributed by atoms with van der Waals surface area (Å²) >= 11 is 6.05. The van der Waals surface area contributed by atoms with E-state index in [2.05, 4.69) is 0 Å². The van der Waals surface area contributed by atoms with Gasteiger partial charge in [-0.15, -0.1) is 11.6 Å². The molecule has 0 heterocycles. The van der Waals surface area contributed by atoms with Gasteiger partial charge in [0.05, 0.1) is 26.4 Å². The van der Waals surface area contributed by atoms with Crippen molar-refractivity contribution in [1.82, 2.24) is 0 Å². The summed E-state index contributed by atoms with van der Waals surface area (Å²) < 4.78 is 15.8. The van der Waals surface area contributed by atoms with Crippen LogP contribution < -0.4 is 0 Å². The van der Waals surface area contributed by atoms with E-state index in [1.165, 1.54) is 25.7 Å². The molecule has 0 amide bonds. The van der Waals surface area contributed by atoms with Gasteiger partial charge in [0.25, 0.3) is 0 Å². The fourth-order valence-corrected chi connectivity index (χ4v) is 2.97. The first-order chi connectivity index (χ1) is 8.88. The molecule has 0 aromatic carbocycles. The van der Waals surface area contributed by atoms with Gasteiger partial charge in [-0.25, -0.2) is 0 Å². The lowest BCUT2D eigenvalue weighted by atomic mass is 9.90. The van der Waals surface area contributed by atoms with Crippen molar-refractivity contribution < 1.29 is 14.2 Å². The number of alkyl halides is 1. The highest BCUT2D eigenvalue weighted by Crippen LogP contribution is 2.33. The predicted molar refractivity (Wildman–Crippen MR) is 74.3 cm³/mol. The zero-order chi connectivity index (χ0) is 13.1. The second-order valence-corrected chi connectivity index (χ2v) is 5.27. The van der Waals surface area contributed by atoms with Gasteiger partial charge >= 0.3 is 0 Å². The van der Waals surface area contributed by atoms with E-state index >= 15 is 0 Å². The van der Waals surface area contributed by atoms with Crippen LogP contribution in [0, 0.1) is 11.8 Å². The molecule has 0 bridgehead atoms. The van der Waals surface area contributed by atoms with Crippen LogP contribution in [0.5, 0.6) is 0 Å². The van der Waals surface area contributed by atoms with Crippen molar-refractivity contribution in [1.29, 1.82) is 0 Å². The second-order valence-electron chi connectivity index (χ2n) is 4.97. The Morgan fingerprint density at radius 1 is 1.00 bits per heavy atom. The van der Waals surface area contributed by atoms with Crippen molar-refractivity contribution >= 4 is 11.6 Å². The van der Waals surface area contributed by atoms with Crippen molar-refractivity contribution in [3.63, 3.8) is 0 Å². The average molecular weight is 279 g/mol. The van der Waals surface area contributed by atoms with Crippen LogP contribution in [-0.4, -0.2) is 46.0 Å². The minimum atomic E-state index is 0.642. The maximum atomic E-state index is 6.05. The van der Waals surface area contributed by atoms with Crippen LogP contribution in [0.25, 0.3) is 0 Å². The van der Waals surface area contributed by atoms with Crippen LogP contribution in [0.15, 0.2) is 0 Å². The molecular weight excluding hydrogens is 252 g/mol. The van der Waals surface area contributed by atoms with E-state index in [-0.39, 0.29) is 0 Å². The van der Waals surface area contributed by atoms with E-state index in [0.717, 1.165) is 24.8 Å². The number of hydrogen-bond acceptors (Lipinski definition) is 3. The number of halogens is 1. The third kappa shape index (κ3) is 6.93. The minimum Gasteiger partial charge on any atom is -0.382 e. The third-order valence-corrected chi connectivity index (χ3v) is 4.10. The molecule has 1 atom stereocenters. The topological polar surface area (TPSA) is 27.7 Å². The molecule has 1 fully saturated rings. The molecule has 0 radical (unpaired) electrons. The summed E-state index contributed by atoms with van der Waals surface area (Å²) in [7, 11) is 1.68. The SMILES string of the molecule is COCCOCCOCCC(CCl)C1CCCC1. The molecule has 4 heteroatoms. The average Bonchev–Trinajstić information content (AvgIpc) is 2.91. The molecule has 3 nitrogen and oxygen atoms in total. The minimum absolute atomic E-state index is 0.642. The Kier molecular flexibility index (Phi) is 9.95. The molecule has 0 aliphatic heterocycles. The highest BCUT2D eigenvalue weighted by Gasteiger charge is 2.23. The zero-order valence-electron chi connectivity index (χ0n) is 11.5. The molecule has 18 heavy (non-hydrogen) atoms. The molecule has 0 aromatic rings. The lowest BCUT2D eigenvalue weighted by molar-refractivity contribution is 0.0209. The van der Waals surface area contributed by atoms with Crippen molar-refractivity contribution in [3.05, 3.63) is 0 Å². The maximum Gasteiger partial charge on any atom is 0.0701 e. The van der Waals surface area contributed by atoms with Gasteiger partial charge in [0, 0.05) is 19.6 Å². The van der Waals surface area contributed by atoms with E-state index < -0.39 is 0 Å². The summed E-state index contributed by atoms with van der Waals surface area (Å²) in [6.07, 6.45) is 6.57. The Morgan fingerprint density at radius 2 is 1.61 bits per heavy atom. The van der Waals surface area contributed by atoms with Crippen molar-refractivity contribution in [3.8, 4) is 0 Å². The summed E-state index contributed by atoms with van der Waals surface area (Å²) in [5.41, 5.74) is 0. The molecule has 1 unspecified atom stereocenters. The molecular formula is C14H27ClO3. The lowest BCUT2D eigenvalue weighted by Gasteiger charge is -2.20. The van der Waals surface area contributed by atoms with Gasteiger partial charge in [0.2, 0.25) is 0 Å². The van der Waals surface area contributed by atoms with Crippen LogP contribution >= 0.6 is 11.6 Å². The van der Waals surface area contributed by atoms with E-state index in [1.54, 1.807) is 7.11 Å². The van der Waals surface area contributed by atoms with Gasteiger partial charge in [-0.3, -0.25) is 0 Å². The van der Waals surface area contributed by atoms with Gasteiger partial charge in [-0.1, -0.05) is 25.7 Å². The quantitative estimate of drug-likeness (QED) is 0.429. The van der Waals surface area contributed by atoms with Gasteiger partial charge < -0.3 is 14.2 Å². The lowest BCUT2D eigenvalue weighted by Crippen LogP contribution is -2.17. The van der Waals surface area contributed by atoms with Crippen LogP contribution in [0.1, 0.15) is 32.1 Å². The molecule has 108 valence electrons. The van der Waals surface area contributed by atoms with Crippen LogP contribution in [0.2, 0.25) is 0 Å². The predicted octanol–water partition coefficient (Wildman–Crippen LogP) is 3.10. The fourth-order valence-electron chi connectivity index (χ4n) is 2.57. The molecule has 0 aromatic heterocycles. The molecule has 0 saturated heterocycles. The highest BCUT2D eigenvalue weighted by molar-refractivity contribution is 6.18. The summed E-state index contributed by atoms with van der Waals surface area (Å²) in [6.45, 7) is 3.42. The first kappa shape index (κ1) is 16.2. The Bertz CT molecular complexity index is 184. The van der Waals surface area contributed by atoms with Crippen molar-refractivity contribution in [2.75, 3.05) is 46.0 Å². The third-order valence-electron chi connectivity index (χ3n) is 3.70. The van der Waals surface area contributed by atoms with E-state index in [1.807, 2.05) is 0 Å². The molecule has 1 rings (SSSR count). The molecule has 1 aliphatic rings. The van der Waals surface area contributed by atoms with Gasteiger partial charge in [0.1, 0.15) is 0 Å². The van der Waals surface area contributed by atoms with Crippen molar-refractivity contribution in [2.24, 2.45) is 11.8 Å². The summed E-state index contributed by atoms with van der Waals surface area (Å²) in [5, 5.41) is 0. The van der Waals surface area contributed by atoms with E-state index in [9.17, 15) is 0 Å². The smallest absolute Gasteiger partial charge is 0.0701 e. The summed E-state index contributed by atoms with van der Waals surface area (Å²) in [4.78, 5) is 0. The first-order valence-electron chi connectivity index (χ1n) is 7.09. The van der Waals surface area contributed by atoms with E-state index in [0.29, 0.717) is 32.3 Å². The second kappa shape index (κ2) is 11.0. The molecule has 0 spiro atoms. The van der Waals surface area contributed by atoms with Gasteiger partial charge in [-0.05, 0) is 18.3 Å². The number of ether oxygens (including phenoxy) is 3. The van der Waals surface area contributed by atoms with E-state index in [4.69, 9.17) is 25.8 Å². The first-order valence-corrected chi connectivity index (χ1v) is 7.62. The summed E-state index contributed by atoms with van der Waals surface area (Å²) in [6, 6.07) is 0. The Hall–Kier alpha value is 0.170. The fraction of sp³-hybridized carbons (Fsp3) is 1.00. The Labute approximate surface area is 116 Å². The van der Waals surface area contributed by atoms with Crippen LogP contribution in [0.4, 0.5) is 0 Å². The standard InChI is InChI=1S/C14H27ClO3/c1-16-8-9-18-11-10-17-7-6-14(12-15)13-4-2-3-5-13/h13-14H,2-12H2,1H3. The van der Waals surface area contributed by atoms with Gasteiger partial charge in [0.15, 0.2) is 0 Å². The van der Waals surface area contributed by atoms with Crippen molar-refractivity contribution in [2.45, 2.75) is 32.1 Å². The van der Waals surface area contributed by atoms with Gasteiger partial charge in [-0.2, -0.15) is 0 Å². The maximum absolute atomic E-state index is 6.05. The highest BCUT2D eigenvalue weighted by atomic mass is 35.5. The Morgan fingerprint density at radius 3 is 2.22 bits per heavy atom. The van der Waals surface area contributed by atoms with Crippen LogP contribution in [0.3, 0.4) is 0 Å².